The number of hydrogen-bond donors (Lipinski definition) is 1. The summed E-state index contributed by atoms with van der Waals surface area (Å²) in [6.07, 6.45) is 7.01. The quantitative estimate of drug-likeness (QED) is 0.579. The Hall–Kier alpha value is -3.75. The molecule has 1 aromatic carbocycles. The molecule has 1 unspecified atom stereocenters. The summed E-state index contributed by atoms with van der Waals surface area (Å²) in [6, 6.07) is 11.5. The fraction of sp³-hybridized carbons (Fsp3) is 0.423. The highest BCUT2D eigenvalue weighted by Gasteiger charge is 2.23. The van der Waals surface area contributed by atoms with Gasteiger partial charge in [-0.25, -0.2) is 0 Å². The van der Waals surface area contributed by atoms with E-state index >= 15 is 0 Å². The maximum Gasteiger partial charge on any atom is 0.230 e. The van der Waals surface area contributed by atoms with Crippen LogP contribution in [0.5, 0.6) is 5.75 Å². The molecule has 0 saturated carbocycles. The summed E-state index contributed by atoms with van der Waals surface area (Å²) < 4.78 is 10.8. The number of carbonyl (C=O) groups is 2. The second-order valence-corrected chi connectivity index (χ2v) is 8.65. The molecule has 1 atom stereocenters. The first-order valence-electron chi connectivity index (χ1n) is 12.0. The molecule has 9 nitrogen and oxygen atoms in total. The van der Waals surface area contributed by atoms with Crippen LogP contribution in [0.1, 0.15) is 49.5 Å². The highest BCUT2D eigenvalue weighted by molar-refractivity contribution is 5.79. The lowest BCUT2D eigenvalue weighted by Crippen LogP contribution is -2.35. The summed E-state index contributed by atoms with van der Waals surface area (Å²) in [5.74, 6) is 1.85. The van der Waals surface area contributed by atoms with Crippen molar-refractivity contribution in [3.8, 4) is 17.1 Å². The van der Waals surface area contributed by atoms with Crippen molar-refractivity contribution in [3.63, 3.8) is 0 Å². The number of rotatable bonds is 6. The number of pyridine rings is 1. The molecule has 1 N–H and O–H groups in total. The first-order valence-corrected chi connectivity index (χ1v) is 12.0. The number of amides is 2. The number of nitrogens with zero attached hydrogens (tertiary/aromatic N) is 4. The fourth-order valence-electron chi connectivity index (χ4n) is 4.21. The Morgan fingerprint density at radius 3 is 2.83 bits per heavy atom. The minimum atomic E-state index is -0.0554. The van der Waals surface area contributed by atoms with Gasteiger partial charge in [0.05, 0.1) is 7.11 Å². The summed E-state index contributed by atoms with van der Waals surface area (Å²) in [5.41, 5.74) is 1.87. The van der Waals surface area contributed by atoms with Crippen molar-refractivity contribution in [2.75, 3.05) is 26.7 Å². The van der Waals surface area contributed by atoms with E-state index in [1.807, 2.05) is 36.4 Å². The average molecular weight is 478 g/mol. The van der Waals surface area contributed by atoms with Gasteiger partial charge in [-0.2, -0.15) is 4.98 Å². The number of aromatic nitrogens is 3. The van der Waals surface area contributed by atoms with E-state index in [9.17, 15) is 9.59 Å². The van der Waals surface area contributed by atoms with Crippen molar-refractivity contribution >= 4 is 11.8 Å². The molecule has 2 aromatic heterocycles. The SMILES string of the molecule is COc1ccc(CCC(=O)N2CCCC(c3nc(-c4cccnc4)no3)CCNC(=O)CC2)cc1. The lowest BCUT2D eigenvalue weighted by Gasteiger charge is -2.23. The van der Waals surface area contributed by atoms with Gasteiger partial charge in [0.25, 0.3) is 0 Å². The topological polar surface area (TPSA) is 110 Å². The van der Waals surface area contributed by atoms with E-state index in [1.165, 1.54) is 0 Å². The number of ether oxygens (including phenoxy) is 1. The van der Waals surface area contributed by atoms with Gasteiger partial charge in [-0.3, -0.25) is 14.6 Å². The lowest BCUT2D eigenvalue weighted by atomic mass is 9.99. The van der Waals surface area contributed by atoms with Crippen LogP contribution in [-0.4, -0.2) is 58.6 Å². The van der Waals surface area contributed by atoms with Gasteiger partial charge in [-0.15, -0.1) is 0 Å². The summed E-state index contributed by atoms with van der Waals surface area (Å²) in [6.45, 7) is 1.54. The smallest absolute Gasteiger partial charge is 0.230 e. The van der Waals surface area contributed by atoms with E-state index in [2.05, 4.69) is 20.4 Å². The van der Waals surface area contributed by atoms with Crippen molar-refractivity contribution in [2.45, 2.75) is 44.4 Å². The highest BCUT2D eigenvalue weighted by atomic mass is 16.5. The van der Waals surface area contributed by atoms with E-state index in [-0.39, 0.29) is 17.7 Å². The zero-order chi connectivity index (χ0) is 24.5. The van der Waals surface area contributed by atoms with Crippen LogP contribution in [0, 0.1) is 0 Å². The Morgan fingerprint density at radius 1 is 1.20 bits per heavy atom. The van der Waals surface area contributed by atoms with Crippen molar-refractivity contribution in [1.82, 2.24) is 25.3 Å². The zero-order valence-electron chi connectivity index (χ0n) is 20.0. The maximum atomic E-state index is 13.0. The second kappa shape index (κ2) is 12.1. The molecular weight excluding hydrogens is 446 g/mol. The van der Waals surface area contributed by atoms with Gasteiger partial charge in [0, 0.05) is 56.4 Å². The molecule has 1 saturated heterocycles. The molecular formula is C26H31N5O4. The Bertz CT molecular complexity index is 1100. The molecule has 4 rings (SSSR count). The van der Waals surface area contributed by atoms with Crippen LogP contribution in [0.4, 0.5) is 0 Å². The standard InChI is InChI=1S/C26H31N5O4/c1-34-22-9-6-19(7-10-22)8-11-24(33)31-16-3-5-20(12-15-28-23(32)13-17-31)26-29-25(30-35-26)21-4-2-14-27-18-21/h2,4,6-7,9-10,14,18,20H,3,5,8,11-13,15-17H2,1H3,(H,28,32). The minimum Gasteiger partial charge on any atom is -0.497 e. The minimum absolute atomic E-state index is 0.00238. The number of methoxy groups -OCH3 is 1. The number of benzene rings is 1. The molecule has 0 aliphatic carbocycles. The summed E-state index contributed by atoms with van der Waals surface area (Å²) in [7, 11) is 1.63. The van der Waals surface area contributed by atoms with Crippen LogP contribution >= 0.6 is 0 Å². The summed E-state index contributed by atoms with van der Waals surface area (Å²) in [4.78, 5) is 35.8. The Kier molecular flexibility index (Phi) is 8.43. The number of aryl methyl sites for hydroxylation is 1. The number of hydrogen-bond acceptors (Lipinski definition) is 7. The van der Waals surface area contributed by atoms with Gasteiger partial charge >= 0.3 is 0 Å². The summed E-state index contributed by atoms with van der Waals surface area (Å²) in [5, 5.41) is 7.07. The van der Waals surface area contributed by atoms with E-state index in [0.717, 1.165) is 29.7 Å². The van der Waals surface area contributed by atoms with Crippen LogP contribution in [0.3, 0.4) is 0 Å². The van der Waals surface area contributed by atoms with Crippen molar-refractivity contribution in [3.05, 3.63) is 60.2 Å². The van der Waals surface area contributed by atoms with Gasteiger partial charge in [0.2, 0.25) is 23.5 Å². The van der Waals surface area contributed by atoms with Gasteiger partial charge in [-0.05, 0) is 55.5 Å². The molecule has 1 aliphatic rings. The number of carbonyl (C=O) groups excluding carboxylic acids is 2. The van der Waals surface area contributed by atoms with Crippen molar-refractivity contribution in [2.24, 2.45) is 0 Å². The van der Waals surface area contributed by atoms with E-state index in [0.29, 0.717) is 57.0 Å². The van der Waals surface area contributed by atoms with Crippen LogP contribution < -0.4 is 10.1 Å². The summed E-state index contributed by atoms with van der Waals surface area (Å²) >= 11 is 0. The largest absolute Gasteiger partial charge is 0.497 e. The predicted molar refractivity (Wildman–Crippen MR) is 130 cm³/mol. The Morgan fingerprint density at radius 2 is 2.06 bits per heavy atom. The predicted octanol–water partition coefficient (Wildman–Crippen LogP) is 3.38. The van der Waals surface area contributed by atoms with E-state index < -0.39 is 0 Å². The molecule has 184 valence electrons. The zero-order valence-corrected chi connectivity index (χ0v) is 20.0. The molecule has 1 fully saturated rings. The molecule has 0 radical (unpaired) electrons. The Labute approximate surface area is 204 Å². The molecule has 3 aromatic rings. The van der Waals surface area contributed by atoms with Crippen molar-refractivity contribution < 1.29 is 18.8 Å². The second-order valence-electron chi connectivity index (χ2n) is 8.65. The van der Waals surface area contributed by atoms with Gasteiger partial charge < -0.3 is 19.5 Å². The molecule has 1 aliphatic heterocycles. The third-order valence-corrected chi connectivity index (χ3v) is 6.25. The normalized spacial score (nSPS) is 17.3. The Balaban J connectivity index is 1.37. The van der Waals surface area contributed by atoms with E-state index in [4.69, 9.17) is 9.26 Å². The van der Waals surface area contributed by atoms with Gasteiger partial charge in [-0.1, -0.05) is 17.3 Å². The molecule has 3 heterocycles. The molecule has 0 spiro atoms. The third-order valence-electron chi connectivity index (χ3n) is 6.25. The van der Waals surface area contributed by atoms with Gasteiger partial charge in [0.15, 0.2) is 0 Å². The maximum absolute atomic E-state index is 13.0. The average Bonchev–Trinajstić information content (AvgIpc) is 3.37. The van der Waals surface area contributed by atoms with Crippen LogP contribution in [0.2, 0.25) is 0 Å². The highest BCUT2D eigenvalue weighted by Crippen LogP contribution is 2.26. The van der Waals surface area contributed by atoms with E-state index in [1.54, 1.807) is 24.4 Å². The first-order chi connectivity index (χ1) is 17.1. The van der Waals surface area contributed by atoms with Crippen LogP contribution in [0.25, 0.3) is 11.4 Å². The lowest BCUT2D eigenvalue weighted by molar-refractivity contribution is -0.132. The molecule has 35 heavy (non-hydrogen) atoms. The number of nitrogens with one attached hydrogen (secondary N) is 1. The van der Waals surface area contributed by atoms with Gasteiger partial charge in [0.1, 0.15) is 5.75 Å². The third kappa shape index (κ3) is 6.88. The monoisotopic (exact) mass is 477 g/mol. The van der Waals surface area contributed by atoms with Crippen LogP contribution in [0.15, 0.2) is 53.3 Å². The molecule has 2 amide bonds. The molecule has 9 heteroatoms. The van der Waals surface area contributed by atoms with Crippen LogP contribution in [-0.2, 0) is 16.0 Å². The fourth-order valence-corrected chi connectivity index (χ4v) is 4.21. The first kappa shape index (κ1) is 24.4. The van der Waals surface area contributed by atoms with Crippen molar-refractivity contribution in [1.29, 1.82) is 0 Å². The molecule has 0 bridgehead atoms.